The van der Waals surface area contributed by atoms with Crippen LogP contribution in [0.15, 0.2) is 47.4 Å². The van der Waals surface area contributed by atoms with E-state index in [1.807, 2.05) is 26.0 Å². The molecule has 0 spiro atoms. The van der Waals surface area contributed by atoms with Crippen LogP contribution in [0.4, 0.5) is 5.69 Å². The molecule has 2 atom stereocenters. The number of nitrogens with zero attached hydrogens (tertiary/aromatic N) is 3. The molecule has 8 heteroatoms. The van der Waals surface area contributed by atoms with Crippen LogP contribution in [0.5, 0.6) is 0 Å². The standard InChI is InChI=1S/C19H19Cl2N3O2S/c1-13-12-24(27(25,26)18-7-4-16(20)5-8-18)14(2)11-23(13)17-6-3-15(10-22)19(21)9-17/h3-9,13-14H,11-12H2,1-2H3/t13-,14-/m0/s1. The zero-order chi connectivity index (χ0) is 19.8. The second kappa shape index (κ2) is 7.69. The van der Waals surface area contributed by atoms with Crippen LogP contribution in [-0.2, 0) is 10.0 Å². The highest BCUT2D eigenvalue weighted by Crippen LogP contribution is 2.30. The van der Waals surface area contributed by atoms with Crippen molar-refractivity contribution in [3.63, 3.8) is 0 Å². The van der Waals surface area contributed by atoms with Crippen molar-refractivity contribution in [1.29, 1.82) is 5.26 Å². The van der Waals surface area contributed by atoms with Gasteiger partial charge in [-0.2, -0.15) is 9.57 Å². The average molecular weight is 424 g/mol. The fourth-order valence-corrected chi connectivity index (χ4v) is 5.35. The summed E-state index contributed by atoms with van der Waals surface area (Å²) < 4.78 is 27.6. The summed E-state index contributed by atoms with van der Waals surface area (Å²) in [5, 5.41) is 9.93. The van der Waals surface area contributed by atoms with Gasteiger partial charge in [-0.3, -0.25) is 0 Å². The van der Waals surface area contributed by atoms with E-state index in [4.69, 9.17) is 28.5 Å². The van der Waals surface area contributed by atoms with Gasteiger partial charge in [0.1, 0.15) is 6.07 Å². The summed E-state index contributed by atoms with van der Waals surface area (Å²) in [5.74, 6) is 0. The van der Waals surface area contributed by atoms with Crippen LogP contribution < -0.4 is 4.90 Å². The SMILES string of the molecule is C[C@H]1CN(S(=O)(=O)c2ccc(Cl)cc2)[C@@H](C)CN1c1ccc(C#N)c(Cl)c1. The molecular formula is C19H19Cl2N3O2S. The summed E-state index contributed by atoms with van der Waals surface area (Å²) in [6.45, 7) is 4.74. The van der Waals surface area contributed by atoms with Crippen LogP contribution in [0.3, 0.4) is 0 Å². The van der Waals surface area contributed by atoms with Crippen molar-refractivity contribution in [2.75, 3.05) is 18.0 Å². The summed E-state index contributed by atoms with van der Waals surface area (Å²) in [6.07, 6.45) is 0. The van der Waals surface area contributed by atoms with Gasteiger partial charge in [-0.25, -0.2) is 8.42 Å². The Morgan fingerprint density at radius 3 is 2.30 bits per heavy atom. The highest BCUT2D eigenvalue weighted by Gasteiger charge is 2.37. The fraction of sp³-hybridized carbons (Fsp3) is 0.316. The summed E-state index contributed by atoms with van der Waals surface area (Å²) in [7, 11) is -3.61. The normalized spacial score (nSPS) is 21.1. The molecule has 5 nitrogen and oxygen atoms in total. The number of rotatable bonds is 3. The van der Waals surface area contributed by atoms with Gasteiger partial charge < -0.3 is 4.90 Å². The first-order valence-electron chi connectivity index (χ1n) is 8.47. The first kappa shape index (κ1) is 20.0. The Labute approximate surface area is 169 Å². The van der Waals surface area contributed by atoms with Crippen molar-refractivity contribution < 1.29 is 8.42 Å². The Morgan fingerprint density at radius 1 is 1.04 bits per heavy atom. The minimum Gasteiger partial charge on any atom is -0.366 e. The van der Waals surface area contributed by atoms with Crippen LogP contribution in [0.25, 0.3) is 0 Å². The Kier molecular flexibility index (Phi) is 5.68. The maximum atomic E-state index is 13.0. The minimum atomic E-state index is -3.61. The van der Waals surface area contributed by atoms with Crippen LogP contribution in [-0.4, -0.2) is 37.9 Å². The largest absolute Gasteiger partial charge is 0.366 e. The van der Waals surface area contributed by atoms with Crippen molar-refractivity contribution >= 4 is 38.9 Å². The van der Waals surface area contributed by atoms with Gasteiger partial charge in [0, 0.05) is 35.9 Å². The van der Waals surface area contributed by atoms with Crippen LogP contribution >= 0.6 is 23.2 Å². The zero-order valence-corrected chi connectivity index (χ0v) is 17.3. The number of halogens is 2. The molecule has 2 aromatic rings. The van der Waals surface area contributed by atoms with E-state index >= 15 is 0 Å². The summed E-state index contributed by atoms with van der Waals surface area (Å²) in [5.41, 5.74) is 1.30. The van der Waals surface area contributed by atoms with Crippen LogP contribution in [0.1, 0.15) is 19.4 Å². The number of sulfonamides is 1. The number of anilines is 1. The maximum Gasteiger partial charge on any atom is 0.243 e. The summed E-state index contributed by atoms with van der Waals surface area (Å²) >= 11 is 12.0. The second-order valence-electron chi connectivity index (χ2n) is 6.66. The quantitative estimate of drug-likeness (QED) is 0.743. The van der Waals surface area contributed by atoms with E-state index in [1.54, 1.807) is 24.3 Å². The molecule has 1 saturated heterocycles. The van der Waals surface area contributed by atoms with E-state index in [0.29, 0.717) is 28.7 Å². The van der Waals surface area contributed by atoms with Gasteiger partial charge in [0.2, 0.25) is 10.0 Å². The van der Waals surface area contributed by atoms with Crippen molar-refractivity contribution in [2.45, 2.75) is 30.8 Å². The molecule has 1 aliphatic heterocycles. The van der Waals surface area contributed by atoms with E-state index in [9.17, 15) is 8.42 Å². The van der Waals surface area contributed by atoms with Gasteiger partial charge in [-0.1, -0.05) is 23.2 Å². The summed E-state index contributed by atoms with van der Waals surface area (Å²) in [6, 6.07) is 13.3. The molecule has 142 valence electrons. The van der Waals surface area contributed by atoms with E-state index in [-0.39, 0.29) is 17.0 Å². The predicted octanol–water partition coefficient (Wildman–Crippen LogP) is 4.15. The maximum absolute atomic E-state index is 13.0. The molecule has 0 radical (unpaired) electrons. The molecule has 0 unspecified atom stereocenters. The van der Waals surface area contributed by atoms with E-state index < -0.39 is 10.0 Å². The van der Waals surface area contributed by atoms with Gasteiger partial charge in [-0.05, 0) is 56.3 Å². The van der Waals surface area contributed by atoms with E-state index in [0.717, 1.165) is 5.69 Å². The number of nitriles is 1. The second-order valence-corrected chi connectivity index (χ2v) is 9.39. The van der Waals surface area contributed by atoms with Gasteiger partial charge in [-0.15, -0.1) is 0 Å². The van der Waals surface area contributed by atoms with Crippen molar-refractivity contribution in [1.82, 2.24) is 4.31 Å². The van der Waals surface area contributed by atoms with Crippen molar-refractivity contribution in [2.24, 2.45) is 0 Å². The lowest BCUT2D eigenvalue weighted by molar-refractivity contribution is 0.273. The number of benzene rings is 2. The first-order chi connectivity index (χ1) is 12.7. The molecule has 27 heavy (non-hydrogen) atoms. The molecule has 1 heterocycles. The van der Waals surface area contributed by atoms with Gasteiger partial charge >= 0.3 is 0 Å². The number of piperazine rings is 1. The van der Waals surface area contributed by atoms with Crippen molar-refractivity contribution in [3.05, 3.63) is 58.1 Å². The Morgan fingerprint density at radius 2 is 1.70 bits per heavy atom. The Hall–Kier alpha value is -1.78. The van der Waals surface area contributed by atoms with Crippen LogP contribution in [0.2, 0.25) is 10.0 Å². The average Bonchev–Trinajstić information content (AvgIpc) is 2.63. The molecule has 0 aromatic heterocycles. The molecule has 0 bridgehead atoms. The fourth-order valence-electron chi connectivity index (χ4n) is 3.30. The smallest absolute Gasteiger partial charge is 0.243 e. The third kappa shape index (κ3) is 3.92. The van der Waals surface area contributed by atoms with Crippen LogP contribution in [0, 0.1) is 11.3 Å². The topological polar surface area (TPSA) is 64.4 Å². The first-order valence-corrected chi connectivity index (χ1v) is 10.7. The molecular weight excluding hydrogens is 405 g/mol. The third-order valence-electron chi connectivity index (χ3n) is 4.75. The van der Waals surface area contributed by atoms with Gasteiger partial charge in [0.05, 0.1) is 15.5 Å². The Bertz CT molecular complexity index is 987. The molecule has 0 aliphatic carbocycles. The summed E-state index contributed by atoms with van der Waals surface area (Å²) in [4.78, 5) is 2.35. The Balaban J connectivity index is 1.86. The highest BCUT2D eigenvalue weighted by molar-refractivity contribution is 7.89. The lowest BCUT2D eigenvalue weighted by atomic mass is 10.1. The monoisotopic (exact) mass is 423 g/mol. The number of hydrogen-bond donors (Lipinski definition) is 0. The molecule has 0 saturated carbocycles. The van der Waals surface area contributed by atoms with Crippen molar-refractivity contribution in [3.8, 4) is 6.07 Å². The lowest BCUT2D eigenvalue weighted by Gasteiger charge is -2.44. The molecule has 1 aliphatic rings. The van der Waals surface area contributed by atoms with E-state index in [1.165, 1.54) is 16.4 Å². The minimum absolute atomic E-state index is 0.0488. The third-order valence-corrected chi connectivity index (χ3v) is 7.31. The zero-order valence-electron chi connectivity index (χ0n) is 14.9. The molecule has 2 aromatic carbocycles. The molecule has 0 N–H and O–H groups in total. The lowest BCUT2D eigenvalue weighted by Crippen LogP contribution is -2.58. The highest BCUT2D eigenvalue weighted by atomic mass is 35.5. The molecule has 0 amide bonds. The molecule has 1 fully saturated rings. The van der Waals surface area contributed by atoms with E-state index in [2.05, 4.69) is 4.90 Å². The van der Waals surface area contributed by atoms with Gasteiger partial charge in [0.25, 0.3) is 0 Å². The predicted molar refractivity (Wildman–Crippen MR) is 108 cm³/mol. The number of hydrogen-bond acceptors (Lipinski definition) is 4. The van der Waals surface area contributed by atoms with Gasteiger partial charge in [0.15, 0.2) is 0 Å². The molecule has 3 rings (SSSR count).